The van der Waals surface area contributed by atoms with Gasteiger partial charge in [-0.2, -0.15) is 0 Å². The van der Waals surface area contributed by atoms with Gasteiger partial charge in [-0.05, 0) is 19.9 Å². The first-order chi connectivity index (χ1) is 7.18. The van der Waals surface area contributed by atoms with Crippen LogP contribution in [-0.2, 0) is 4.79 Å². The van der Waals surface area contributed by atoms with Crippen molar-refractivity contribution in [1.82, 2.24) is 15.1 Å². The molecular weight excluding hydrogens is 190 g/mol. The molecule has 2 atom stereocenters. The predicted molar refractivity (Wildman–Crippen MR) is 59.7 cm³/mol. The van der Waals surface area contributed by atoms with Crippen LogP contribution in [0.15, 0.2) is 0 Å². The Balaban J connectivity index is 2.01. The summed E-state index contributed by atoms with van der Waals surface area (Å²) in [4.78, 5) is 16.0. The van der Waals surface area contributed by atoms with Gasteiger partial charge in [0.05, 0.1) is 0 Å². The lowest BCUT2D eigenvalue weighted by Crippen LogP contribution is -2.45. The van der Waals surface area contributed by atoms with Gasteiger partial charge in [-0.1, -0.05) is 0 Å². The van der Waals surface area contributed by atoms with Crippen LogP contribution in [0.4, 0.5) is 0 Å². The zero-order valence-electron chi connectivity index (χ0n) is 9.70. The largest absolute Gasteiger partial charge is 0.344 e. The van der Waals surface area contributed by atoms with Crippen LogP contribution in [0.2, 0.25) is 0 Å². The summed E-state index contributed by atoms with van der Waals surface area (Å²) in [6.45, 7) is 6.24. The molecule has 1 amide bonds. The summed E-state index contributed by atoms with van der Waals surface area (Å²) in [6, 6.07) is 1.13. The first-order valence-electron chi connectivity index (χ1n) is 5.89. The number of nitrogens with one attached hydrogen (secondary N) is 1. The molecule has 0 aromatic heterocycles. The van der Waals surface area contributed by atoms with E-state index >= 15 is 0 Å². The van der Waals surface area contributed by atoms with Gasteiger partial charge in [-0.3, -0.25) is 9.69 Å². The third-order valence-corrected chi connectivity index (χ3v) is 3.62. The number of likely N-dealkylation sites (N-methyl/N-ethyl adjacent to an activating group) is 1. The van der Waals surface area contributed by atoms with E-state index in [1.165, 1.54) is 6.42 Å². The normalized spacial score (nSPS) is 34.5. The second kappa shape index (κ2) is 4.49. The number of rotatable bonds is 1. The highest BCUT2D eigenvalue weighted by atomic mass is 16.2. The molecule has 0 aromatic rings. The number of amides is 1. The number of hydrogen-bond donors (Lipinski definition) is 1. The standard InChI is InChI=1S/C11H21N3O/c1-9-8-13(2)11(15)4-6-14(9)10-3-5-12-7-10/h9-10,12H,3-8H2,1-2H3. The van der Waals surface area contributed by atoms with E-state index < -0.39 is 0 Å². The van der Waals surface area contributed by atoms with Crippen molar-refractivity contribution >= 4 is 5.91 Å². The molecule has 2 aliphatic heterocycles. The van der Waals surface area contributed by atoms with Crippen LogP contribution < -0.4 is 5.32 Å². The minimum atomic E-state index is 0.287. The molecule has 0 radical (unpaired) electrons. The second-order valence-electron chi connectivity index (χ2n) is 4.76. The topological polar surface area (TPSA) is 35.6 Å². The van der Waals surface area contributed by atoms with E-state index in [1.807, 2.05) is 11.9 Å². The minimum Gasteiger partial charge on any atom is -0.344 e. The van der Waals surface area contributed by atoms with Crippen LogP contribution in [0.25, 0.3) is 0 Å². The highest BCUT2D eigenvalue weighted by Crippen LogP contribution is 2.16. The monoisotopic (exact) mass is 211 g/mol. The molecule has 0 bridgehead atoms. The second-order valence-corrected chi connectivity index (χ2v) is 4.76. The van der Waals surface area contributed by atoms with Crippen molar-refractivity contribution < 1.29 is 4.79 Å². The number of carbonyl (C=O) groups is 1. The van der Waals surface area contributed by atoms with Gasteiger partial charge in [0.25, 0.3) is 0 Å². The fraction of sp³-hybridized carbons (Fsp3) is 0.909. The van der Waals surface area contributed by atoms with E-state index in [0.717, 1.165) is 26.2 Å². The zero-order chi connectivity index (χ0) is 10.8. The Hall–Kier alpha value is -0.610. The number of hydrogen-bond acceptors (Lipinski definition) is 3. The fourth-order valence-electron chi connectivity index (χ4n) is 2.70. The van der Waals surface area contributed by atoms with Gasteiger partial charge in [-0.25, -0.2) is 0 Å². The van der Waals surface area contributed by atoms with Gasteiger partial charge in [0.15, 0.2) is 0 Å². The Labute approximate surface area is 91.6 Å². The highest BCUT2D eigenvalue weighted by molar-refractivity contribution is 5.76. The highest BCUT2D eigenvalue weighted by Gasteiger charge is 2.30. The van der Waals surface area contributed by atoms with Crippen molar-refractivity contribution in [3.8, 4) is 0 Å². The van der Waals surface area contributed by atoms with Gasteiger partial charge in [-0.15, -0.1) is 0 Å². The van der Waals surface area contributed by atoms with Crippen LogP contribution >= 0.6 is 0 Å². The lowest BCUT2D eigenvalue weighted by atomic mass is 10.1. The van der Waals surface area contributed by atoms with Gasteiger partial charge in [0.2, 0.25) is 5.91 Å². The molecule has 0 aliphatic carbocycles. The number of carbonyl (C=O) groups excluding carboxylic acids is 1. The Bertz CT molecular complexity index is 238. The molecule has 0 aromatic carbocycles. The maximum Gasteiger partial charge on any atom is 0.223 e. The van der Waals surface area contributed by atoms with E-state index in [1.54, 1.807) is 0 Å². The Kier molecular flexibility index (Phi) is 3.26. The fourth-order valence-corrected chi connectivity index (χ4v) is 2.70. The van der Waals surface area contributed by atoms with Gasteiger partial charge >= 0.3 is 0 Å². The molecule has 15 heavy (non-hydrogen) atoms. The third-order valence-electron chi connectivity index (χ3n) is 3.62. The molecule has 4 nitrogen and oxygen atoms in total. The maximum absolute atomic E-state index is 11.6. The van der Waals surface area contributed by atoms with Crippen molar-refractivity contribution in [3.63, 3.8) is 0 Å². The molecule has 2 saturated heterocycles. The molecule has 2 fully saturated rings. The van der Waals surface area contributed by atoms with Gasteiger partial charge < -0.3 is 10.2 Å². The lowest BCUT2D eigenvalue weighted by molar-refractivity contribution is -0.129. The Morgan fingerprint density at radius 3 is 2.93 bits per heavy atom. The summed E-state index contributed by atoms with van der Waals surface area (Å²) in [6.07, 6.45) is 1.90. The van der Waals surface area contributed by atoms with E-state index in [2.05, 4.69) is 17.1 Å². The summed E-state index contributed by atoms with van der Waals surface area (Å²) in [5, 5.41) is 3.39. The number of nitrogens with zero attached hydrogens (tertiary/aromatic N) is 2. The molecule has 4 heteroatoms. The molecule has 86 valence electrons. The predicted octanol–water partition coefficient (Wildman–Crippen LogP) is -0.0991. The first-order valence-corrected chi connectivity index (χ1v) is 5.89. The molecule has 0 spiro atoms. The van der Waals surface area contributed by atoms with Gasteiger partial charge in [0.1, 0.15) is 0 Å². The molecule has 2 aliphatic rings. The summed E-state index contributed by atoms with van der Waals surface area (Å²) < 4.78 is 0. The molecule has 2 heterocycles. The molecular formula is C11H21N3O. The van der Waals surface area contributed by atoms with Crippen molar-refractivity contribution in [3.05, 3.63) is 0 Å². The van der Waals surface area contributed by atoms with E-state index in [0.29, 0.717) is 18.5 Å². The SMILES string of the molecule is CC1CN(C)C(=O)CCN1C1CCNC1. The van der Waals surface area contributed by atoms with Crippen LogP contribution in [-0.4, -0.2) is 61.0 Å². The summed E-state index contributed by atoms with van der Waals surface area (Å²) >= 11 is 0. The van der Waals surface area contributed by atoms with E-state index in [4.69, 9.17) is 0 Å². The van der Waals surface area contributed by atoms with E-state index in [9.17, 15) is 4.79 Å². The van der Waals surface area contributed by atoms with Crippen LogP contribution in [0.1, 0.15) is 19.8 Å². The zero-order valence-corrected chi connectivity index (χ0v) is 9.70. The quantitative estimate of drug-likeness (QED) is 0.658. The van der Waals surface area contributed by atoms with Gasteiger partial charge in [0, 0.05) is 45.2 Å². The Morgan fingerprint density at radius 2 is 2.27 bits per heavy atom. The first kappa shape index (κ1) is 10.9. The third kappa shape index (κ3) is 2.32. The van der Waals surface area contributed by atoms with E-state index in [-0.39, 0.29) is 5.91 Å². The van der Waals surface area contributed by atoms with Crippen molar-refractivity contribution in [1.29, 1.82) is 0 Å². The van der Waals surface area contributed by atoms with Crippen molar-refractivity contribution in [2.24, 2.45) is 0 Å². The Morgan fingerprint density at radius 1 is 1.47 bits per heavy atom. The van der Waals surface area contributed by atoms with Crippen LogP contribution in [0.5, 0.6) is 0 Å². The molecule has 0 saturated carbocycles. The summed E-state index contributed by atoms with van der Waals surface area (Å²) in [5.41, 5.74) is 0. The summed E-state index contributed by atoms with van der Waals surface area (Å²) in [7, 11) is 1.91. The van der Waals surface area contributed by atoms with Crippen LogP contribution in [0, 0.1) is 0 Å². The van der Waals surface area contributed by atoms with Crippen molar-refractivity contribution in [2.45, 2.75) is 31.8 Å². The summed E-state index contributed by atoms with van der Waals surface area (Å²) in [5.74, 6) is 0.287. The van der Waals surface area contributed by atoms with Crippen molar-refractivity contribution in [2.75, 3.05) is 33.2 Å². The molecule has 1 N–H and O–H groups in total. The maximum atomic E-state index is 11.6. The van der Waals surface area contributed by atoms with Crippen LogP contribution in [0.3, 0.4) is 0 Å². The average Bonchev–Trinajstić information content (AvgIpc) is 2.67. The molecule has 2 unspecified atom stereocenters. The average molecular weight is 211 g/mol. The minimum absolute atomic E-state index is 0.287. The molecule has 2 rings (SSSR count). The smallest absolute Gasteiger partial charge is 0.223 e. The lowest BCUT2D eigenvalue weighted by Gasteiger charge is -2.32.